The highest BCUT2D eigenvalue weighted by Crippen LogP contribution is 2.43. The highest BCUT2D eigenvalue weighted by Gasteiger charge is 2.41. The van der Waals surface area contributed by atoms with E-state index in [1.165, 1.54) is 12.8 Å². The van der Waals surface area contributed by atoms with Gasteiger partial charge in [0.25, 0.3) is 0 Å². The van der Waals surface area contributed by atoms with Crippen molar-refractivity contribution in [1.29, 1.82) is 0 Å². The second-order valence-corrected chi connectivity index (χ2v) is 6.94. The molecular weight excluding hydrogens is 316 g/mol. The molecule has 2 nitrogen and oxygen atoms in total. The van der Waals surface area contributed by atoms with E-state index in [0.717, 1.165) is 41.6 Å². The molecule has 0 amide bonds. The van der Waals surface area contributed by atoms with Gasteiger partial charge in [0, 0.05) is 4.47 Å². The lowest BCUT2D eigenvalue weighted by atomic mass is 9.67. The van der Waals surface area contributed by atoms with Crippen molar-refractivity contribution in [2.45, 2.75) is 51.9 Å². The van der Waals surface area contributed by atoms with Gasteiger partial charge >= 0.3 is 5.97 Å². The zero-order valence-electron chi connectivity index (χ0n) is 12.1. The van der Waals surface area contributed by atoms with E-state index in [-0.39, 0.29) is 0 Å². The second-order valence-electron chi connectivity index (χ2n) is 6.09. The molecule has 0 atom stereocenters. The van der Waals surface area contributed by atoms with Crippen molar-refractivity contribution in [3.05, 3.63) is 34.3 Å². The van der Waals surface area contributed by atoms with Gasteiger partial charge in [-0.05, 0) is 49.7 Å². The Bertz CT molecular complexity index is 462. The number of benzene rings is 1. The second kappa shape index (κ2) is 6.75. The Labute approximate surface area is 129 Å². The lowest BCUT2D eigenvalue weighted by Crippen LogP contribution is -2.37. The first-order valence-electron chi connectivity index (χ1n) is 7.54. The standard InChI is InChI=1S/C17H23BrO2/c1-2-5-13-8-10-17(11-9-13,16(19)20)12-14-6-3-4-7-15(14)18/h3-4,6-7,13H,2,5,8-12H2,1H3,(H,19,20). The van der Waals surface area contributed by atoms with Crippen LogP contribution >= 0.6 is 15.9 Å². The average molecular weight is 339 g/mol. The summed E-state index contributed by atoms with van der Waals surface area (Å²) in [6, 6.07) is 7.98. The summed E-state index contributed by atoms with van der Waals surface area (Å²) in [6.45, 7) is 2.21. The third kappa shape index (κ3) is 3.43. The van der Waals surface area contributed by atoms with Crippen molar-refractivity contribution >= 4 is 21.9 Å². The van der Waals surface area contributed by atoms with E-state index in [9.17, 15) is 9.90 Å². The summed E-state index contributed by atoms with van der Waals surface area (Å²) >= 11 is 3.54. The molecule has 1 aromatic carbocycles. The summed E-state index contributed by atoms with van der Waals surface area (Å²) in [5, 5.41) is 9.74. The van der Waals surface area contributed by atoms with Gasteiger partial charge in [-0.1, -0.05) is 53.9 Å². The van der Waals surface area contributed by atoms with Crippen molar-refractivity contribution in [3.63, 3.8) is 0 Å². The van der Waals surface area contributed by atoms with E-state index in [2.05, 4.69) is 22.9 Å². The van der Waals surface area contributed by atoms with Gasteiger partial charge in [0.15, 0.2) is 0 Å². The minimum Gasteiger partial charge on any atom is -0.481 e. The van der Waals surface area contributed by atoms with Gasteiger partial charge < -0.3 is 5.11 Å². The van der Waals surface area contributed by atoms with Gasteiger partial charge in [-0.3, -0.25) is 4.79 Å². The van der Waals surface area contributed by atoms with Crippen LogP contribution in [-0.2, 0) is 11.2 Å². The number of halogens is 1. The molecule has 0 heterocycles. The highest BCUT2D eigenvalue weighted by molar-refractivity contribution is 9.10. The summed E-state index contributed by atoms with van der Waals surface area (Å²) in [4.78, 5) is 11.8. The first-order valence-corrected chi connectivity index (χ1v) is 8.33. The molecule has 0 bridgehead atoms. The Morgan fingerprint density at radius 3 is 2.55 bits per heavy atom. The van der Waals surface area contributed by atoms with Crippen LogP contribution in [0.25, 0.3) is 0 Å². The molecule has 1 N–H and O–H groups in total. The fraction of sp³-hybridized carbons (Fsp3) is 0.588. The normalized spacial score (nSPS) is 26.4. The van der Waals surface area contributed by atoms with Gasteiger partial charge in [-0.2, -0.15) is 0 Å². The molecule has 2 rings (SSSR count). The summed E-state index contributed by atoms with van der Waals surface area (Å²) in [6.07, 6.45) is 6.83. The van der Waals surface area contributed by atoms with Gasteiger partial charge in [-0.15, -0.1) is 0 Å². The molecular formula is C17H23BrO2. The van der Waals surface area contributed by atoms with E-state index in [1.807, 2.05) is 24.3 Å². The molecule has 20 heavy (non-hydrogen) atoms. The molecule has 1 fully saturated rings. The summed E-state index contributed by atoms with van der Waals surface area (Å²) < 4.78 is 1.02. The van der Waals surface area contributed by atoms with Gasteiger partial charge in [0.05, 0.1) is 5.41 Å². The van der Waals surface area contributed by atoms with Crippen LogP contribution in [0.15, 0.2) is 28.7 Å². The van der Waals surface area contributed by atoms with Crippen LogP contribution in [0.5, 0.6) is 0 Å². The molecule has 1 aliphatic rings. The maximum Gasteiger partial charge on any atom is 0.309 e. The number of carbonyl (C=O) groups is 1. The number of aliphatic carboxylic acids is 1. The minimum atomic E-state index is -0.622. The zero-order valence-corrected chi connectivity index (χ0v) is 13.7. The number of rotatable bonds is 5. The smallest absolute Gasteiger partial charge is 0.309 e. The third-order valence-electron chi connectivity index (χ3n) is 4.70. The molecule has 1 aliphatic carbocycles. The Morgan fingerprint density at radius 1 is 1.35 bits per heavy atom. The van der Waals surface area contributed by atoms with Crippen LogP contribution < -0.4 is 0 Å². The van der Waals surface area contributed by atoms with Gasteiger partial charge in [0.1, 0.15) is 0 Å². The van der Waals surface area contributed by atoms with Crippen molar-refractivity contribution in [3.8, 4) is 0 Å². The lowest BCUT2D eigenvalue weighted by molar-refractivity contribution is -0.151. The molecule has 0 saturated heterocycles. The number of carboxylic acids is 1. The van der Waals surface area contributed by atoms with Crippen molar-refractivity contribution in [2.24, 2.45) is 11.3 Å². The van der Waals surface area contributed by atoms with E-state index < -0.39 is 11.4 Å². The quantitative estimate of drug-likeness (QED) is 0.815. The van der Waals surface area contributed by atoms with Crippen LogP contribution in [0.4, 0.5) is 0 Å². The van der Waals surface area contributed by atoms with Crippen LogP contribution in [0.3, 0.4) is 0 Å². The number of hydrogen-bond acceptors (Lipinski definition) is 1. The number of carboxylic acid groups (broad SMARTS) is 1. The fourth-order valence-corrected chi connectivity index (χ4v) is 3.82. The Morgan fingerprint density at radius 2 is 2.00 bits per heavy atom. The van der Waals surface area contributed by atoms with Crippen LogP contribution in [0.1, 0.15) is 51.0 Å². The third-order valence-corrected chi connectivity index (χ3v) is 5.47. The monoisotopic (exact) mass is 338 g/mol. The molecule has 1 saturated carbocycles. The number of hydrogen-bond donors (Lipinski definition) is 1. The predicted octanol–water partition coefficient (Wildman–Crippen LogP) is 5.05. The molecule has 1 aromatic rings. The van der Waals surface area contributed by atoms with E-state index >= 15 is 0 Å². The van der Waals surface area contributed by atoms with Crippen molar-refractivity contribution in [2.75, 3.05) is 0 Å². The Balaban J connectivity index is 2.12. The minimum absolute atomic E-state index is 0.561. The maximum atomic E-state index is 11.8. The molecule has 110 valence electrons. The first-order chi connectivity index (χ1) is 9.57. The molecule has 0 aromatic heterocycles. The lowest BCUT2D eigenvalue weighted by Gasteiger charge is -2.37. The van der Waals surface area contributed by atoms with Gasteiger partial charge in [-0.25, -0.2) is 0 Å². The molecule has 0 spiro atoms. The molecule has 0 unspecified atom stereocenters. The Hall–Kier alpha value is -0.830. The van der Waals surface area contributed by atoms with Crippen LogP contribution in [0, 0.1) is 11.3 Å². The maximum absolute atomic E-state index is 11.8. The van der Waals surface area contributed by atoms with E-state index in [1.54, 1.807) is 0 Å². The van der Waals surface area contributed by atoms with Crippen LogP contribution in [-0.4, -0.2) is 11.1 Å². The SMILES string of the molecule is CCCC1CCC(Cc2ccccc2Br)(C(=O)O)CC1. The zero-order chi connectivity index (χ0) is 14.6. The molecule has 0 aliphatic heterocycles. The fourth-order valence-electron chi connectivity index (χ4n) is 3.40. The van der Waals surface area contributed by atoms with Crippen LogP contribution in [0.2, 0.25) is 0 Å². The van der Waals surface area contributed by atoms with E-state index in [0.29, 0.717) is 6.42 Å². The van der Waals surface area contributed by atoms with Gasteiger partial charge in [0.2, 0.25) is 0 Å². The largest absolute Gasteiger partial charge is 0.481 e. The predicted molar refractivity (Wildman–Crippen MR) is 84.8 cm³/mol. The highest BCUT2D eigenvalue weighted by atomic mass is 79.9. The van der Waals surface area contributed by atoms with Crippen molar-refractivity contribution < 1.29 is 9.90 Å². The summed E-state index contributed by atoms with van der Waals surface area (Å²) in [7, 11) is 0. The topological polar surface area (TPSA) is 37.3 Å². The molecule has 0 radical (unpaired) electrons. The summed E-state index contributed by atoms with van der Waals surface area (Å²) in [5.74, 6) is 0.106. The summed E-state index contributed by atoms with van der Waals surface area (Å²) in [5.41, 5.74) is 0.553. The average Bonchev–Trinajstić information content (AvgIpc) is 2.44. The van der Waals surface area contributed by atoms with Crippen molar-refractivity contribution in [1.82, 2.24) is 0 Å². The molecule has 3 heteroatoms. The van der Waals surface area contributed by atoms with E-state index in [4.69, 9.17) is 0 Å². The first kappa shape index (κ1) is 15.6. The Kier molecular flexibility index (Phi) is 5.25.